The number of aromatic amines is 1. The minimum atomic E-state index is -0.588. The highest BCUT2D eigenvalue weighted by atomic mass is 16.7. The fourth-order valence-electron chi connectivity index (χ4n) is 1.99. The van der Waals surface area contributed by atoms with E-state index in [1.807, 2.05) is 0 Å². The largest absolute Gasteiger partial charge is 0.464 e. The van der Waals surface area contributed by atoms with Crippen molar-refractivity contribution < 1.29 is 23.8 Å². The van der Waals surface area contributed by atoms with Gasteiger partial charge in [0, 0.05) is 11.5 Å². The Kier molecular flexibility index (Phi) is 2.22. The van der Waals surface area contributed by atoms with Gasteiger partial charge in [-0.1, -0.05) is 0 Å². The third kappa shape index (κ3) is 1.35. The molecule has 3 rings (SSSR count). The maximum Gasteiger partial charge on any atom is 0.355 e. The summed E-state index contributed by atoms with van der Waals surface area (Å²) < 4.78 is 15.1. The number of methoxy groups -OCH3 is 1. The van der Waals surface area contributed by atoms with Gasteiger partial charge in [-0.25, -0.2) is 4.79 Å². The van der Waals surface area contributed by atoms with Crippen LogP contribution in [0.15, 0.2) is 12.1 Å². The number of rotatable bonds is 2. The number of H-pyrrole nitrogens is 1. The lowest BCUT2D eigenvalue weighted by atomic mass is 10.1. The number of benzene rings is 1. The highest BCUT2D eigenvalue weighted by Gasteiger charge is 2.22. The summed E-state index contributed by atoms with van der Waals surface area (Å²) in [4.78, 5) is 25.5. The maximum atomic E-state index is 11.5. The second kappa shape index (κ2) is 3.76. The van der Waals surface area contributed by atoms with Crippen molar-refractivity contribution in [1.82, 2.24) is 4.98 Å². The van der Waals surface area contributed by atoms with Crippen molar-refractivity contribution in [3.05, 3.63) is 23.4 Å². The van der Waals surface area contributed by atoms with Gasteiger partial charge in [-0.05, 0) is 6.07 Å². The summed E-state index contributed by atoms with van der Waals surface area (Å²) in [6.07, 6.45) is 0.618. The number of carbonyl (C=O) groups is 2. The van der Waals surface area contributed by atoms with Crippen LogP contribution in [0.25, 0.3) is 10.9 Å². The van der Waals surface area contributed by atoms with Gasteiger partial charge >= 0.3 is 5.97 Å². The molecule has 1 aromatic carbocycles. The molecule has 0 aliphatic carbocycles. The molecule has 0 saturated carbocycles. The number of ether oxygens (including phenoxy) is 3. The molecular weight excluding hydrogens is 238 g/mol. The molecular formula is C12H9NO5. The Labute approximate surface area is 101 Å². The predicted molar refractivity (Wildman–Crippen MR) is 61.1 cm³/mol. The molecule has 2 aromatic rings. The van der Waals surface area contributed by atoms with E-state index >= 15 is 0 Å². The molecule has 1 aromatic heterocycles. The van der Waals surface area contributed by atoms with Gasteiger partial charge < -0.3 is 19.2 Å². The van der Waals surface area contributed by atoms with Crippen molar-refractivity contribution in [3.8, 4) is 11.5 Å². The first kappa shape index (κ1) is 10.6. The van der Waals surface area contributed by atoms with Crippen molar-refractivity contribution in [2.24, 2.45) is 0 Å². The van der Waals surface area contributed by atoms with Crippen LogP contribution in [0.5, 0.6) is 11.5 Å². The Balaban J connectivity index is 2.28. The van der Waals surface area contributed by atoms with Crippen molar-refractivity contribution in [3.63, 3.8) is 0 Å². The van der Waals surface area contributed by atoms with E-state index in [1.54, 1.807) is 12.1 Å². The fourth-order valence-corrected chi connectivity index (χ4v) is 1.99. The van der Waals surface area contributed by atoms with Crippen molar-refractivity contribution in [2.75, 3.05) is 13.9 Å². The first-order valence-corrected chi connectivity index (χ1v) is 5.23. The molecule has 0 unspecified atom stereocenters. The van der Waals surface area contributed by atoms with Crippen LogP contribution in [0.1, 0.15) is 20.8 Å². The molecule has 0 amide bonds. The Morgan fingerprint density at radius 2 is 2.11 bits per heavy atom. The van der Waals surface area contributed by atoms with E-state index in [-0.39, 0.29) is 18.1 Å². The quantitative estimate of drug-likeness (QED) is 0.642. The molecule has 1 aliphatic heterocycles. The Morgan fingerprint density at radius 1 is 1.39 bits per heavy atom. The number of esters is 1. The zero-order chi connectivity index (χ0) is 12.7. The molecule has 0 atom stereocenters. The van der Waals surface area contributed by atoms with Gasteiger partial charge in [-0.15, -0.1) is 0 Å². The van der Waals surface area contributed by atoms with Crippen molar-refractivity contribution >= 4 is 23.2 Å². The third-order valence-corrected chi connectivity index (χ3v) is 2.84. The van der Waals surface area contributed by atoms with Crippen LogP contribution in [0, 0.1) is 0 Å². The van der Waals surface area contributed by atoms with E-state index in [0.29, 0.717) is 28.7 Å². The average molecular weight is 247 g/mol. The second-order valence-corrected chi connectivity index (χ2v) is 3.77. The molecule has 18 heavy (non-hydrogen) atoms. The normalized spacial score (nSPS) is 12.7. The topological polar surface area (TPSA) is 77.6 Å². The summed E-state index contributed by atoms with van der Waals surface area (Å²) in [5.74, 6) is 0.550. The number of fused-ring (bicyclic) bond motifs is 2. The Hall–Kier alpha value is -2.50. The molecule has 1 N–H and O–H groups in total. The predicted octanol–water partition coefficient (Wildman–Crippen LogP) is 1.50. The van der Waals surface area contributed by atoms with Crippen LogP contribution in [-0.4, -0.2) is 31.1 Å². The minimum Gasteiger partial charge on any atom is -0.464 e. The van der Waals surface area contributed by atoms with Gasteiger partial charge in [0.25, 0.3) is 0 Å². The SMILES string of the molecule is COC(=O)c1[nH]c2cc3c(cc2c1C=O)OCO3. The summed E-state index contributed by atoms with van der Waals surface area (Å²) in [5.41, 5.74) is 1.02. The summed E-state index contributed by atoms with van der Waals surface area (Å²) in [6, 6.07) is 3.36. The minimum absolute atomic E-state index is 0.131. The lowest BCUT2D eigenvalue weighted by Gasteiger charge is -1.96. The van der Waals surface area contributed by atoms with E-state index in [0.717, 1.165) is 0 Å². The van der Waals surface area contributed by atoms with Gasteiger partial charge in [-0.3, -0.25) is 4.79 Å². The van der Waals surface area contributed by atoms with Crippen LogP contribution < -0.4 is 9.47 Å². The van der Waals surface area contributed by atoms with Crippen molar-refractivity contribution in [1.29, 1.82) is 0 Å². The number of nitrogens with one attached hydrogen (secondary N) is 1. The summed E-state index contributed by atoms with van der Waals surface area (Å²) in [6.45, 7) is 0.155. The second-order valence-electron chi connectivity index (χ2n) is 3.77. The molecule has 0 bridgehead atoms. The number of hydrogen-bond acceptors (Lipinski definition) is 5. The molecule has 0 spiro atoms. The van der Waals surface area contributed by atoms with Crippen LogP contribution >= 0.6 is 0 Å². The first-order chi connectivity index (χ1) is 8.74. The molecule has 1 aliphatic rings. The van der Waals surface area contributed by atoms with Gasteiger partial charge in [0.1, 0.15) is 5.69 Å². The number of aldehydes is 1. The van der Waals surface area contributed by atoms with Crippen LogP contribution in [0.2, 0.25) is 0 Å². The maximum absolute atomic E-state index is 11.5. The molecule has 2 heterocycles. The van der Waals surface area contributed by atoms with E-state index in [1.165, 1.54) is 7.11 Å². The summed E-state index contributed by atoms with van der Waals surface area (Å²) in [5, 5.41) is 0.606. The number of aromatic nitrogens is 1. The highest BCUT2D eigenvalue weighted by molar-refractivity contribution is 6.08. The lowest BCUT2D eigenvalue weighted by Crippen LogP contribution is -2.04. The van der Waals surface area contributed by atoms with E-state index in [2.05, 4.69) is 9.72 Å². The zero-order valence-electron chi connectivity index (χ0n) is 9.48. The smallest absolute Gasteiger partial charge is 0.355 e. The van der Waals surface area contributed by atoms with Gasteiger partial charge in [0.2, 0.25) is 6.79 Å². The standard InChI is InChI=1S/C12H9NO5/c1-16-12(15)11-7(4-14)6-2-9-10(18-5-17-9)3-8(6)13-11/h2-4,13H,5H2,1H3. The molecule has 0 saturated heterocycles. The van der Waals surface area contributed by atoms with Gasteiger partial charge in [-0.2, -0.15) is 0 Å². The highest BCUT2D eigenvalue weighted by Crippen LogP contribution is 2.37. The van der Waals surface area contributed by atoms with E-state index in [4.69, 9.17) is 9.47 Å². The monoisotopic (exact) mass is 247 g/mol. The zero-order valence-corrected chi connectivity index (χ0v) is 9.48. The van der Waals surface area contributed by atoms with Gasteiger partial charge in [0.15, 0.2) is 17.8 Å². The Morgan fingerprint density at radius 3 is 2.78 bits per heavy atom. The molecule has 0 radical (unpaired) electrons. The first-order valence-electron chi connectivity index (χ1n) is 5.23. The number of carbonyl (C=O) groups excluding carboxylic acids is 2. The summed E-state index contributed by atoms with van der Waals surface area (Å²) >= 11 is 0. The average Bonchev–Trinajstić information content (AvgIpc) is 2.97. The Bertz CT molecular complexity index is 658. The van der Waals surface area contributed by atoms with Crippen LogP contribution in [0.3, 0.4) is 0 Å². The summed E-state index contributed by atoms with van der Waals surface area (Å²) in [7, 11) is 1.26. The molecule has 0 fully saturated rings. The molecule has 6 nitrogen and oxygen atoms in total. The van der Waals surface area contributed by atoms with E-state index < -0.39 is 5.97 Å². The number of hydrogen-bond donors (Lipinski definition) is 1. The van der Waals surface area contributed by atoms with Crippen LogP contribution in [-0.2, 0) is 4.74 Å². The van der Waals surface area contributed by atoms with E-state index in [9.17, 15) is 9.59 Å². The van der Waals surface area contributed by atoms with Gasteiger partial charge in [0.05, 0.1) is 18.2 Å². The van der Waals surface area contributed by atoms with Crippen molar-refractivity contribution in [2.45, 2.75) is 0 Å². The molecule has 92 valence electrons. The fraction of sp³-hybridized carbons (Fsp3) is 0.167. The third-order valence-electron chi connectivity index (χ3n) is 2.84. The van der Waals surface area contributed by atoms with Crippen LogP contribution in [0.4, 0.5) is 0 Å². The lowest BCUT2D eigenvalue weighted by molar-refractivity contribution is 0.0593. The molecule has 6 heteroatoms.